The number of hydrogen-bond acceptors (Lipinski definition) is 4. The maximum absolute atomic E-state index is 12.4. The smallest absolute Gasteiger partial charge is 0.259 e. The molecule has 1 N–H and O–H groups in total. The van der Waals surface area contributed by atoms with Crippen LogP contribution in [0.25, 0.3) is 0 Å². The highest BCUT2D eigenvalue weighted by Crippen LogP contribution is 2.24. The van der Waals surface area contributed by atoms with Crippen LogP contribution < -0.4 is 14.8 Å². The van der Waals surface area contributed by atoms with Crippen molar-refractivity contribution < 1.29 is 19.1 Å². The number of carbonyl (C=O) groups is 2. The Hall–Kier alpha value is -3.02. The van der Waals surface area contributed by atoms with E-state index in [1.54, 1.807) is 50.5 Å². The average Bonchev–Trinajstić information content (AvgIpc) is 3.20. The summed E-state index contributed by atoms with van der Waals surface area (Å²) in [6.07, 6.45) is 4.95. The first-order valence-electron chi connectivity index (χ1n) is 9.52. The molecule has 3 rings (SSSR count). The van der Waals surface area contributed by atoms with Gasteiger partial charge >= 0.3 is 0 Å². The van der Waals surface area contributed by atoms with Gasteiger partial charge in [0.25, 0.3) is 11.8 Å². The van der Waals surface area contributed by atoms with Gasteiger partial charge in [0.1, 0.15) is 11.5 Å². The van der Waals surface area contributed by atoms with Crippen LogP contribution in [0.5, 0.6) is 11.5 Å². The Bertz CT molecular complexity index is 794. The topological polar surface area (TPSA) is 67.9 Å². The number of ether oxygens (including phenoxy) is 2. The summed E-state index contributed by atoms with van der Waals surface area (Å²) in [7, 11) is 3.36. The molecule has 0 bridgehead atoms. The number of hydrogen-bond donors (Lipinski definition) is 1. The highest BCUT2D eigenvalue weighted by atomic mass is 16.5. The van der Waals surface area contributed by atoms with Crippen LogP contribution >= 0.6 is 0 Å². The third kappa shape index (κ3) is 5.49. The number of nitrogens with one attached hydrogen (secondary N) is 1. The van der Waals surface area contributed by atoms with Crippen LogP contribution in [0.15, 0.2) is 48.5 Å². The Morgan fingerprint density at radius 2 is 1.57 bits per heavy atom. The minimum atomic E-state index is -0.191. The normalized spacial score (nSPS) is 13.8. The monoisotopic (exact) mass is 382 g/mol. The molecule has 0 aromatic heterocycles. The number of likely N-dealkylation sites (N-methyl/N-ethyl adjacent to an activating group) is 1. The van der Waals surface area contributed by atoms with Crippen molar-refractivity contribution in [1.29, 1.82) is 0 Å². The van der Waals surface area contributed by atoms with E-state index >= 15 is 0 Å². The summed E-state index contributed by atoms with van der Waals surface area (Å²) in [5.41, 5.74) is 1.22. The molecule has 6 nitrogen and oxygen atoms in total. The summed E-state index contributed by atoms with van der Waals surface area (Å²) in [6, 6.07) is 14.1. The number of amides is 2. The van der Waals surface area contributed by atoms with Gasteiger partial charge in [-0.05, 0) is 74.2 Å². The molecule has 0 spiro atoms. The third-order valence-corrected chi connectivity index (χ3v) is 4.69. The fraction of sp³-hybridized carbons (Fsp3) is 0.364. The zero-order chi connectivity index (χ0) is 19.9. The van der Waals surface area contributed by atoms with E-state index in [2.05, 4.69) is 5.32 Å². The van der Waals surface area contributed by atoms with Crippen LogP contribution in [0.4, 0.5) is 5.69 Å². The predicted octanol–water partition coefficient (Wildman–Crippen LogP) is 3.73. The molecule has 2 aromatic rings. The lowest BCUT2D eigenvalue weighted by molar-refractivity contribution is -0.130. The van der Waals surface area contributed by atoms with Crippen LogP contribution in [0.3, 0.4) is 0 Å². The average molecular weight is 382 g/mol. The SMILES string of the molecule is CN(C)C(=O)COc1ccc(NC(=O)c2ccc(OC3CCCC3)cc2)cc1. The van der Waals surface area contributed by atoms with Gasteiger partial charge in [-0.1, -0.05) is 0 Å². The number of carbonyl (C=O) groups excluding carboxylic acids is 2. The maximum Gasteiger partial charge on any atom is 0.259 e. The molecule has 2 amide bonds. The lowest BCUT2D eigenvalue weighted by Crippen LogP contribution is -2.27. The van der Waals surface area contributed by atoms with Gasteiger partial charge in [0.2, 0.25) is 0 Å². The maximum atomic E-state index is 12.4. The van der Waals surface area contributed by atoms with E-state index < -0.39 is 0 Å². The largest absolute Gasteiger partial charge is 0.490 e. The highest BCUT2D eigenvalue weighted by Gasteiger charge is 2.16. The molecule has 0 heterocycles. The van der Waals surface area contributed by atoms with E-state index in [0.29, 0.717) is 23.1 Å². The van der Waals surface area contributed by atoms with Crippen LogP contribution in [-0.4, -0.2) is 43.5 Å². The van der Waals surface area contributed by atoms with E-state index in [0.717, 1.165) is 18.6 Å². The summed E-state index contributed by atoms with van der Waals surface area (Å²) >= 11 is 0. The van der Waals surface area contributed by atoms with E-state index in [-0.39, 0.29) is 18.4 Å². The van der Waals surface area contributed by atoms with Gasteiger partial charge in [-0.2, -0.15) is 0 Å². The van der Waals surface area contributed by atoms with Crippen molar-refractivity contribution in [2.75, 3.05) is 26.0 Å². The van der Waals surface area contributed by atoms with Crippen molar-refractivity contribution in [2.45, 2.75) is 31.8 Å². The molecule has 1 aliphatic rings. The Morgan fingerprint density at radius 1 is 0.964 bits per heavy atom. The fourth-order valence-electron chi connectivity index (χ4n) is 3.00. The van der Waals surface area contributed by atoms with Gasteiger partial charge < -0.3 is 19.7 Å². The first kappa shape index (κ1) is 19.7. The van der Waals surface area contributed by atoms with Gasteiger partial charge in [-0.15, -0.1) is 0 Å². The second-order valence-corrected chi connectivity index (χ2v) is 7.10. The molecule has 148 valence electrons. The number of benzene rings is 2. The molecular weight excluding hydrogens is 356 g/mol. The summed E-state index contributed by atoms with van der Waals surface area (Å²) in [5, 5.41) is 2.85. The van der Waals surface area contributed by atoms with Crippen molar-refractivity contribution in [2.24, 2.45) is 0 Å². The van der Waals surface area contributed by atoms with Gasteiger partial charge in [-0.25, -0.2) is 0 Å². The molecule has 2 aromatic carbocycles. The summed E-state index contributed by atoms with van der Waals surface area (Å²) in [4.78, 5) is 25.4. The predicted molar refractivity (Wildman–Crippen MR) is 108 cm³/mol. The van der Waals surface area contributed by atoms with Crippen LogP contribution in [0.1, 0.15) is 36.0 Å². The minimum Gasteiger partial charge on any atom is -0.490 e. The second-order valence-electron chi connectivity index (χ2n) is 7.10. The van der Waals surface area contributed by atoms with E-state index in [9.17, 15) is 9.59 Å². The standard InChI is InChI=1S/C22H26N2O4/c1-24(2)21(25)15-27-18-13-9-17(10-14-18)23-22(26)16-7-11-20(12-8-16)28-19-5-3-4-6-19/h7-14,19H,3-6,15H2,1-2H3,(H,23,26). The van der Waals surface area contributed by atoms with Crippen LogP contribution in [0.2, 0.25) is 0 Å². The number of rotatable bonds is 7. The summed E-state index contributed by atoms with van der Waals surface area (Å²) < 4.78 is 11.3. The minimum absolute atomic E-state index is 0.0199. The molecule has 1 aliphatic carbocycles. The second kappa shape index (κ2) is 9.26. The van der Waals surface area contributed by atoms with Gasteiger partial charge in [0.15, 0.2) is 6.61 Å². The Balaban J connectivity index is 1.51. The van der Waals surface area contributed by atoms with Crippen molar-refractivity contribution >= 4 is 17.5 Å². The van der Waals surface area contributed by atoms with Gasteiger partial charge in [-0.3, -0.25) is 9.59 Å². The Morgan fingerprint density at radius 3 is 2.18 bits per heavy atom. The van der Waals surface area contributed by atoms with E-state index in [1.165, 1.54) is 17.7 Å². The van der Waals surface area contributed by atoms with Crippen molar-refractivity contribution in [1.82, 2.24) is 4.90 Å². The third-order valence-electron chi connectivity index (χ3n) is 4.69. The van der Waals surface area contributed by atoms with E-state index in [1.807, 2.05) is 12.1 Å². The summed E-state index contributed by atoms with van der Waals surface area (Å²) in [5.74, 6) is 1.07. The lowest BCUT2D eigenvalue weighted by Gasteiger charge is -2.13. The van der Waals surface area contributed by atoms with Gasteiger partial charge in [0.05, 0.1) is 6.10 Å². The fourth-order valence-corrected chi connectivity index (χ4v) is 3.00. The first-order chi connectivity index (χ1) is 13.5. The van der Waals surface area contributed by atoms with Crippen molar-refractivity contribution in [3.05, 3.63) is 54.1 Å². The molecule has 28 heavy (non-hydrogen) atoms. The molecule has 0 aliphatic heterocycles. The zero-order valence-electron chi connectivity index (χ0n) is 16.3. The highest BCUT2D eigenvalue weighted by molar-refractivity contribution is 6.04. The Kier molecular flexibility index (Phi) is 6.53. The van der Waals surface area contributed by atoms with Crippen molar-refractivity contribution in [3.63, 3.8) is 0 Å². The molecule has 1 saturated carbocycles. The number of anilines is 1. The van der Waals surface area contributed by atoms with Gasteiger partial charge in [0, 0.05) is 25.3 Å². The molecule has 0 unspecified atom stereocenters. The molecule has 6 heteroatoms. The zero-order valence-corrected chi connectivity index (χ0v) is 16.3. The first-order valence-corrected chi connectivity index (χ1v) is 9.52. The molecule has 1 fully saturated rings. The molecular formula is C22H26N2O4. The van der Waals surface area contributed by atoms with Crippen LogP contribution in [-0.2, 0) is 4.79 Å². The van der Waals surface area contributed by atoms with Crippen molar-refractivity contribution in [3.8, 4) is 11.5 Å². The van der Waals surface area contributed by atoms with E-state index in [4.69, 9.17) is 9.47 Å². The quantitative estimate of drug-likeness (QED) is 0.792. The molecule has 0 saturated heterocycles. The lowest BCUT2D eigenvalue weighted by atomic mass is 10.2. The summed E-state index contributed by atoms with van der Waals surface area (Å²) in [6.45, 7) is -0.0199. The Labute approximate surface area is 165 Å². The molecule has 0 radical (unpaired) electrons. The van der Waals surface area contributed by atoms with Crippen LogP contribution in [0, 0.1) is 0 Å². The molecule has 0 atom stereocenters. The number of nitrogens with zero attached hydrogens (tertiary/aromatic N) is 1.